The minimum absolute atomic E-state index is 0.326. The second-order valence-corrected chi connectivity index (χ2v) is 4.90. The molecule has 0 radical (unpaired) electrons. The fraction of sp³-hybridized carbons (Fsp3) is 0.235. The molecule has 0 fully saturated rings. The average Bonchev–Trinajstić information content (AvgIpc) is 2.49. The summed E-state index contributed by atoms with van der Waals surface area (Å²) in [5, 5.41) is 8.82. The maximum Gasteiger partial charge on any atom is 0.147 e. The Morgan fingerprint density at radius 2 is 2.00 bits per heavy atom. The van der Waals surface area contributed by atoms with E-state index >= 15 is 0 Å². The van der Waals surface area contributed by atoms with Gasteiger partial charge in [0, 0.05) is 18.8 Å². The summed E-state index contributed by atoms with van der Waals surface area (Å²) >= 11 is 0. The standard InChI is InChI=1S/C17H18FN3/c1-2-9-21(12-14-5-3-4-6-16(14)20)17-8-7-13(11-19)10-15(17)18/h3-8,10H,2,9,12,20H2,1H3. The van der Waals surface area contributed by atoms with Crippen molar-refractivity contribution in [2.75, 3.05) is 17.2 Å². The van der Waals surface area contributed by atoms with Crippen LogP contribution in [0.15, 0.2) is 42.5 Å². The lowest BCUT2D eigenvalue weighted by atomic mass is 10.1. The Morgan fingerprint density at radius 1 is 1.24 bits per heavy atom. The molecule has 3 nitrogen and oxygen atoms in total. The van der Waals surface area contributed by atoms with Gasteiger partial charge in [-0.25, -0.2) is 4.39 Å². The quantitative estimate of drug-likeness (QED) is 0.851. The molecular weight excluding hydrogens is 265 g/mol. The lowest BCUT2D eigenvalue weighted by Crippen LogP contribution is -2.25. The normalized spacial score (nSPS) is 10.1. The number of anilines is 2. The summed E-state index contributed by atoms with van der Waals surface area (Å²) in [5.74, 6) is -0.378. The van der Waals surface area contributed by atoms with Crippen molar-refractivity contribution in [2.45, 2.75) is 19.9 Å². The number of nitrogen functional groups attached to an aromatic ring is 1. The molecule has 0 saturated heterocycles. The third-order valence-corrected chi connectivity index (χ3v) is 3.33. The zero-order chi connectivity index (χ0) is 15.2. The molecule has 0 spiro atoms. The predicted molar refractivity (Wildman–Crippen MR) is 83.3 cm³/mol. The predicted octanol–water partition coefficient (Wildman–Crippen LogP) is 3.70. The topological polar surface area (TPSA) is 53.0 Å². The molecule has 21 heavy (non-hydrogen) atoms. The van der Waals surface area contributed by atoms with Gasteiger partial charge in [0.1, 0.15) is 5.82 Å². The Labute approximate surface area is 124 Å². The van der Waals surface area contributed by atoms with Crippen LogP contribution in [0.5, 0.6) is 0 Å². The number of nitrogens with two attached hydrogens (primary N) is 1. The first kappa shape index (κ1) is 14.9. The van der Waals surface area contributed by atoms with Crippen molar-refractivity contribution in [1.82, 2.24) is 0 Å². The zero-order valence-corrected chi connectivity index (χ0v) is 12.0. The molecule has 108 valence electrons. The van der Waals surface area contributed by atoms with Gasteiger partial charge < -0.3 is 10.6 Å². The molecule has 0 heterocycles. The van der Waals surface area contributed by atoms with Crippen molar-refractivity contribution in [3.63, 3.8) is 0 Å². The first-order valence-corrected chi connectivity index (χ1v) is 6.93. The number of nitriles is 1. The number of para-hydroxylation sites is 1. The van der Waals surface area contributed by atoms with E-state index in [1.165, 1.54) is 6.07 Å². The van der Waals surface area contributed by atoms with Crippen molar-refractivity contribution < 1.29 is 4.39 Å². The van der Waals surface area contributed by atoms with Crippen molar-refractivity contribution >= 4 is 11.4 Å². The molecule has 2 aromatic rings. The van der Waals surface area contributed by atoms with Crippen molar-refractivity contribution in [3.05, 3.63) is 59.4 Å². The minimum atomic E-state index is -0.378. The van der Waals surface area contributed by atoms with Gasteiger partial charge in [-0.2, -0.15) is 5.26 Å². The van der Waals surface area contributed by atoms with Crippen molar-refractivity contribution in [2.24, 2.45) is 0 Å². The van der Waals surface area contributed by atoms with E-state index in [1.54, 1.807) is 12.1 Å². The SMILES string of the molecule is CCCN(Cc1ccccc1N)c1ccc(C#N)cc1F. The van der Waals surface area contributed by atoms with E-state index in [9.17, 15) is 4.39 Å². The van der Waals surface area contributed by atoms with Gasteiger partial charge in [-0.3, -0.25) is 0 Å². The zero-order valence-electron chi connectivity index (χ0n) is 12.0. The van der Waals surface area contributed by atoms with E-state index < -0.39 is 0 Å². The first-order valence-electron chi connectivity index (χ1n) is 6.93. The lowest BCUT2D eigenvalue weighted by Gasteiger charge is -2.25. The summed E-state index contributed by atoms with van der Waals surface area (Å²) < 4.78 is 14.2. The molecule has 0 atom stereocenters. The molecular formula is C17H18FN3. The van der Waals surface area contributed by atoms with Gasteiger partial charge in [0.05, 0.1) is 17.3 Å². The van der Waals surface area contributed by atoms with Gasteiger partial charge in [0.25, 0.3) is 0 Å². The van der Waals surface area contributed by atoms with Crippen LogP contribution < -0.4 is 10.6 Å². The van der Waals surface area contributed by atoms with E-state index in [2.05, 4.69) is 0 Å². The molecule has 0 saturated carbocycles. The molecule has 0 unspecified atom stereocenters. The maximum absolute atomic E-state index is 14.2. The second kappa shape index (κ2) is 6.76. The van der Waals surface area contributed by atoms with E-state index in [0.29, 0.717) is 23.5 Å². The number of benzene rings is 2. The van der Waals surface area contributed by atoms with Crippen LogP contribution in [0.4, 0.5) is 15.8 Å². The number of hydrogen-bond acceptors (Lipinski definition) is 3. The number of halogens is 1. The van der Waals surface area contributed by atoms with Crippen LogP contribution in [0, 0.1) is 17.1 Å². The number of nitrogens with zero attached hydrogens (tertiary/aromatic N) is 2. The third-order valence-electron chi connectivity index (χ3n) is 3.33. The van der Waals surface area contributed by atoms with Crippen LogP contribution in [-0.2, 0) is 6.54 Å². The van der Waals surface area contributed by atoms with Gasteiger partial charge in [-0.1, -0.05) is 25.1 Å². The summed E-state index contributed by atoms with van der Waals surface area (Å²) in [6.07, 6.45) is 0.895. The molecule has 4 heteroatoms. The van der Waals surface area contributed by atoms with Gasteiger partial charge in [-0.15, -0.1) is 0 Å². The van der Waals surface area contributed by atoms with Crippen LogP contribution in [0.25, 0.3) is 0 Å². The smallest absolute Gasteiger partial charge is 0.147 e. The minimum Gasteiger partial charge on any atom is -0.398 e. The largest absolute Gasteiger partial charge is 0.398 e. The monoisotopic (exact) mass is 283 g/mol. The van der Waals surface area contributed by atoms with Crippen LogP contribution in [0.1, 0.15) is 24.5 Å². The van der Waals surface area contributed by atoms with Gasteiger partial charge in [-0.05, 0) is 36.2 Å². The molecule has 0 aromatic heterocycles. The summed E-state index contributed by atoms with van der Waals surface area (Å²) in [7, 11) is 0. The molecule has 0 amide bonds. The van der Waals surface area contributed by atoms with Gasteiger partial charge >= 0.3 is 0 Å². The average molecular weight is 283 g/mol. The summed E-state index contributed by atoms with van der Waals surface area (Å²) in [4.78, 5) is 1.95. The van der Waals surface area contributed by atoms with Crippen molar-refractivity contribution in [1.29, 1.82) is 5.26 Å². The Morgan fingerprint density at radius 3 is 2.62 bits per heavy atom. The Balaban J connectivity index is 2.31. The van der Waals surface area contributed by atoms with E-state index in [4.69, 9.17) is 11.0 Å². The highest BCUT2D eigenvalue weighted by molar-refractivity contribution is 5.54. The van der Waals surface area contributed by atoms with E-state index in [-0.39, 0.29) is 5.82 Å². The summed E-state index contributed by atoms with van der Waals surface area (Å²) in [6.45, 7) is 3.31. The Kier molecular flexibility index (Phi) is 4.78. The molecule has 0 aliphatic rings. The Hall–Kier alpha value is -2.54. The van der Waals surface area contributed by atoms with Crippen molar-refractivity contribution in [3.8, 4) is 6.07 Å². The highest BCUT2D eigenvalue weighted by Crippen LogP contribution is 2.24. The molecule has 2 N–H and O–H groups in total. The van der Waals surface area contributed by atoms with Crippen LogP contribution in [0.2, 0.25) is 0 Å². The van der Waals surface area contributed by atoms with Gasteiger partial charge in [0.2, 0.25) is 0 Å². The van der Waals surface area contributed by atoms with Gasteiger partial charge in [0.15, 0.2) is 0 Å². The maximum atomic E-state index is 14.2. The van der Waals surface area contributed by atoms with E-state index in [0.717, 1.165) is 18.5 Å². The van der Waals surface area contributed by atoms with Crippen LogP contribution >= 0.6 is 0 Å². The molecule has 0 aliphatic heterocycles. The first-order chi connectivity index (χ1) is 10.2. The highest BCUT2D eigenvalue weighted by Gasteiger charge is 2.13. The van der Waals surface area contributed by atoms with Crippen LogP contribution in [-0.4, -0.2) is 6.54 Å². The summed E-state index contributed by atoms with van der Waals surface area (Å²) in [5.41, 5.74) is 8.46. The number of rotatable bonds is 5. The molecule has 0 bridgehead atoms. The second-order valence-electron chi connectivity index (χ2n) is 4.90. The van der Waals surface area contributed by atoms with Crippen LogP contribution in [0.3, 0.4) is 0 Å². The number of hydrogen-bond donors (Lipinski definition) is 1. The Bertz CT molecular complexity index is 661. The fourth-order valence-corrected chi connectivity index (χ4v) is 2.27. The molecule has 2 aromatic carbocycles. The highest BCUT2D eigenvalue weighted by atomic mass is 19.1. The molecule has 0 aliphatic carbocycles. The molecule has 2 rings (SSSR count). The summed E-state index contributed by atoms with van der Waals surface area (Å²) in [6, 6.07) is 14.1. The fourth-order valence-electron chi connectivity index (χ4n) is 2.27. The van der Waals surface area contributed by atoms with E-state index in [1.807, 2.05) is 42.2 Å². The lowest BCUT2D eigenvalue weighted by molar-refractivity contribution is 0.614. The third kappa shape index (κ3) is 3.51.